The summed E-state index contributed by atoms with van der Waals surface area (Å²) in [5, 5.41) is 3.55. The third-order valence-corrected chi connectivity index (χ3v) is 4.06. The first-order chi connectivity index (χ1) is 9.76. The van der Waals surface area contributed by atoms with E-state index in [0.717, 1.165) is 30.5 Å². The maximum absolute atomic E-state index is 5.42. The summed E-state index contributed by atoms with van der Waals surface area (Å²) in [6.45, 7) is 7.79. The van der Waals surface area contributed by atoms with Crippen LogP contribution in [0.2, 0.25) is 0 Å². The molecule has 0 aromatic heterocycles. The molecule has 4 heteroatoms. The summed E-state index contributed by atoms with van der Waals surface area (Å²) in [6.07, 6.45) is 1.31. The van der Waals surface area contributed by atoms with Gasteiger partial charge >= 0.3 is 0 Å². The highest BCUT2D eigenvalue weighted by molar-refractivity contribution is 5.40. The minimum Gasteiger partial charge on any atom is -0.497 e. The molecule has 112 valence electrons. The SMILES string of the molecule is CCN1CC[C@@H](CNCc2ccc(OC)cc2OC)C1. The van der Waals surface area contributed by atoms with Crippen molar-refractivity contribution in [3.05, 3.63) is 23.8 Å². The Bertz CT molecular complexity index is 423. The topological polar surface area (TPSA) is 33.7 Å². The first-order valence-electron chi connectivity index (χ1n) is 7.40. The monoisotopic (exact) mass is 278 g/mol. The smallest absolute Gasteiger partial charge is 0.127 e. The maximum atomic E-state index is 5.42. The first kappa shape index (κ1) is 15.1. The normalized spacial score (nSPS) is 19.2. The predicted molar refractivity (Wildman–Crippen MR) is 81.5 cm³/mol. The van der Waals surface area contributed by atoms with Crippen LogP contribution in [0.4, 0.5) is 0 Å². The van der Waals surface area contributed by atoms with Crippen molar-refractivity contribution in [2.45, 2.75) is 19.9 Å². The van der Waals surface area contributed by atoms with Gasteiger partial charge in [-0.3, -0.25) is 0 Å². The second kappa shape index (κ2) is 7.50. The van der Waals surface area contributed by atoms with E-state index in [1.165, 1.54) is 31.6 Å². The molecule has 1 atom stereocenters. The van der Waals surface area contributed by atoms with E-state index in [0.29, 0.717) is 0 Å². The zero-order chi connectivity index (χ0) is 14.4. The fourth-order valence-electron chi connectivity index (χ4n) is 2.78. The van der Waals surface area contributed by atoms with Crippen LogP contribution in [-0.4, -0.2) is 45.3 Å². The van der Waals surface area contributed by atoms with E-state index in [2.05, 4.69) is 23.2 Å². The number of methoxy groups -OCH3 is 2. The van der Waals surface area contributed by atoms with E-state index < -0.39 is 0 Å². The average Bonchev–Trinajstić information content (AvgIpc) is 2.95. The summed E-state index contributed by atoms with van der Waals surface area (Å²) in [5.74, 6) is 2.50. The summed E-state index contributed by atoms with van der Waals surface area (Å²) >= 11 is 0. The molecule has 1 aromatic rings. The fraction of sp³-hybridized carbons (Fsp3) is 0.625. The van der Waals surface area contributed by atoms with Crippen LogP contribution in [0.1, 0.15) is 18.9 Å². The van der Waals surface area contributed by atoms with Crippen molar-refractivity contribution in [2.75, 3.05) is 40.4 Å². The molecule has 1 aliphatic rings. The Morgan fingerprint density at radius 2 is 2.15 bits per heavy atom. The molecule has 1 fully saturated rings. The fourth-order valence-corrected chi connectivity index (χ4v) is 2.78. The predicted octanol–water partition coefficient (Wildman–Crippen LogP) is 2.14. The molecule has 4 nitrogen and oxygen atoms in total. The van der Waals surface area contributed by atoms with Crippen molar-refractivity contribution in [2.24, 2.45) is 5.92 Å². The molecule has 0 unspecified atom stereocenters. The third-order valence-electron chi connectivity index (χ3n) is 4.06. The molecular formula is C16H26N2O2. The molecule has 1 saturated heterocycles. The Morgan fingerprint density at radius 3 is 2.80 bits per heavy atom. The largest absolute Gasteiger partial charge is 0.497 e. The van der Waals surface area contributed by atoms with Crippen molar-refractivity contribution in [1.29, 1.82) is 0 Å². The van der Waals surface area contributed by atoms with Crippen molar-refractivity contribution in [1.82, 2.24) is 10.2 Å². The van der Waals surface area contributed by atoms with Gasteiger partial charge in [-0.2, -0.15) is 0 Å². The highest BCUT2D eigenvalue weighted by Crippen LogP contribution is 2.24. The Hall–Kier alpha value is -1.26. The Balaban J connectivity index is 1.82. The van der Waals surface area contributed by atoms with Crippen molar-refractivity contribution < 1.29 is 9.47 Å². The Kier molecular flexibility index (Phi) is 5.68. The number of likely N-dealkylation sites (tertiary alicyclic amines) is 1. The standard InChI is InChI=1S/C16H26N2O2/c1-4-18-8-7-13(12-18)10-17-11-14-5-6-15(19-2)9-16(14)20-3/h5-6,9,13,17H,4,7-8,10-12H2,1-3H3/t13-/m0/s1. The third kappa shape index (κ3) is 3.87. The van der Waals surface area contributed by atoms with Gasteiger partial charge in [0.2, 0.25) is 0 Å². The summed E-state index contributed by atoms with van der Waals surface area (Å²) in [5.41, 5.74) is 1.18. The number of nitrogens with one attached hydrogen (secondary N) is 1. The van der Waals surface area contributed by atoms with E-state index in [4.69, 9.17) is 9.47 Å². The minimum absolute atomic E-state index is 0.777. The number of ether oxygens (including phenoxy) is 2. The number of rotatable bonds is 7. The molecule has 0 bridgehead atoms. The van der Waals surface area contributed by atoms with Gasteiger partial charge in [0.1, 0.15) is 11.5 Å². The summed E-state index contributed by atoms with van der Waals surface area (Å²) in [6, 6.07) is 5.98. The van der Waals surface area contributed by atoms with Gasteiger partial charge in [-0.15, -0.1) is 0 Å². The lowest BCUT2D eigenvalue weighted by Crippen LogP contribution is -2.26. The zero-order valence-corrected chi connectivity index (χ0v) is 12.8. The van der Waals surface area contributed by atoms with Crippen LogP contribution in [0.25, 0.3) is 0 Å². The molecular weight excluding hydrogens is 252 g/mol. The average molecular weight is 278 g/mol. The lowest BCUT2D eigenvalue weighted by Gasteiger charge is -2.15. The van der Waals surface area contributed by atoms with Gasteiger partial charge in [0.15, 0.2) is 0 Å². The van der Waals surface area contributed by atoms with Crippen LogP contribution in [0.15, 0.2) is 18.2 Å². The van der Waals surface area contributed by atoms with Crippen molar-refractivity contribution in [3.8, 4) is 11.5 Å². The molecule has 0 aliphatic carbocycles. The molecule has 1 aromatic carbocycles. The van der Waals surface area contributed by atoms with E-state index in [1.54, 1.807) is 14.2 Å². The number of hydrogen-bond acceptors (Lipinski definition) is 4. The highest BCUT2D eigenvalue weighted by Gasteiger charge is 2.20. The van der Waals surface area contributed by atoms with Crippen molar-refractivity contribution >= 4 is 0 Å². The second-order valence-corrected chi connectivity index (χ2v) is 5.36. The molecule has 0 amide bonds. The second-order valence-electron chi connectivity index (χ2n) is 5.36. The zero-order valence-electron chi connectivity index (χ0n) is 12.8. The Morgan fingerprint density at radius 1 is 1.30 bits per heavy atom. The van der Waals surface area contributed by atoms with Gasteiger partial charge in [0.05, 0.1) is 14.2 Å². The van der Waals surface area contributed by atoms with E-state index in [9.17, 15) is 0 Å². The molecule has 2 rings (SSSR count). The summed E-state index contributed by atoms with van der Waals surface area (Å²) in [4.78, 5) is 2.51. The molecule has 1 heterocycles. The molecule has 0 saturated carbocycles. The van der Waals surface area contributed by atoms with Gasteiger partial charge in [-0.1, -0.05) is 13.0 Å². The van der Waals surface area contributed by atoms with E-state index in [1.807, 2.05) is 12.1 Å². The van der Waals surface area contributed by atoms with Crippen LogP contribution in [0.3, 0.4) is 0 Å². The number of nitrogens with zero attached hydrogens (tertiary/aromatic N) is 1. The molecule has 1 aliphatic heterocycles. The lowest BCUT2D eigenvalue weighted by atomic mass is 10.1. The van der Waals surface area contributed by atoms with Gasteiger partial charge in [0.25, 0.3) is 0 Å². The number of benzene rings is 1. The molecule has 20 heavy (non-hydrogen) atoms. The first-order valence-corrected chi connectivity index (χ1v) is 7.40. The van der Waals surface area contributed by atoms with Gasteiger partial charge in [0, 0.05) is 24.7 Å². The summed E-state index contributed by atoms with van der Waals surface area (Å²) < 4.78 is 10.6. The highest BCUT2D eigenvalue weighted by atomic mass is 16.5. The summed E-state index contributed by atoms with van der Waals surface area (Å²) in [7, 11) is 3.38. The van der Waals surface area contributed by atoms with Crippen LogP contribution in [-0.2, 0) is 6.54 Å². The van der Waals surface area contributed by atoms with Gasteiger partial charge in [-0.25, -0.2) is 0 Å². The van der Waals surface area contributed by atoms with Gasteiger partial charge in [-0.05, 0) is 38.0 Å². The van der Waals surface area contributed by atoms with E-state index >= 15 is 0 Å². The van der Waals surface area contributed by atoms with E-state index in [-0.39, 0.29) is 0 Å². The lowest BCUT2D eigenvalue weighted by molar-refractivity contribution is 0.338. The molecule has 0 radical (unpaired) electrons. The molecule has 0 spiro atoms. The molecule has 1 N–H and O–H groups in total. The van der Waals surface area contributed by atoms with Crippen LogP contribution >= 0.6 is 0 Å². The van der Waals surface area contributed by atoms with Crippen LogP contribution < -0.4 is 14.8 Å². The maximum Gasteiger partial charge on any atom is 0.127 e. The quantitative estimate of drug-likeness (QED) is 0.828. The Labute approximate surface area is 122 Å². The van der Waals surface area contributed by atoms with Crippen LogP contribution in [0, 0.1) is 5.92 Å². The minimum atomic E-state index is 0.777. The number of hydrogen-bond donors (Lipinski definition) is 1. The van der Waals surface area contributed by atoms with Crippen molar-refractivity contribution in [3.63, 3.8) is 0 Å². The van der Waals surface area contributed by atoms with Gasteiger partial charge < -0.3 is 19.7 Å². The van der Waals surface area contributed by atoms with Crippen LogP contribution in [0.5, 0.6) is 11.5 Å².